The highest BCUT2D eigenvalue weighted by Gasteiger charge is 2.46. The predicted molar refractivity (Wildman–Crippen MR) is 95.5 cm³/mol. The SMILES string of the molecule is Nc1nc2c(ncn2[C@@H]2O[C@H](C(O)=Cc3ccccc3)[C@@H](O)[C@H]2O)c(=O)[nH]1. The fourth-order valence-electron chi connectivity index (χ4n) is 3.07. The molecule has 3 heterocycles. The molecule has 6 N–H and O–H groups in total. The van der Waals surface area contributed by atoms with Crippen LogP contribution in [0.2, 0.25) is 0 Å². The van der Waals surface area contributed by atoms with Gasteiger partial charge in [-0.3, -0.25) is 14.3 Å². The van der Waals surface area contributed by atoms with Crippen molar-refractivity contribution in [2.24, 2.45) is 0 Å². The Bertz CT molecular complexity index is 1060. The first-order chi connectivity index (χ1) is 13.0. The van der Waals surface area contributed by atoms with Crippen molar-refractivity contribution in [3.63, 3.8) is 0 Å². The topological polar surface area (TPSA) is 160 Å². The highest BCUT2D eigenvalue weighted by Crippen LogP contribution is 2.34. The largest absolute Gasteiger partial charge is 0.509 e. The molecule has 0 unspecified atom stereocenters. The number of hydrogen-bond acceptors (Lipinski definition) is 8. The van der Waals surface area contributed by atoms with Crippen molar-refractivity contribution in [3.05, 3.63) is 58.3 Å². The second kappa shape index (κ2) is 6.50. The molecule has 1 saturated heterocycles. The van der Waals surface area contributed by atoms with Crippen LogP contribution in [0.3, 0.4) is 0 Å². The molecule has 0 radical (unpaired) electrons. The monoisotopic (exact) mass is 371 g/mol. The van der Waals surface area contributed by atoms with Gasteiger partial charge in [-0.15, -0.1) is 0 Å². The second-order valence-electron chi connectivity index (χ2n) is 6.18. The van der Waals surface area contributed by atoms with E-state index in [1.165, 1.54) is 17.0 Å². The molecule has 4 atom stereocenters. The highest BCUT2D eigenvalue weighted by atomic mass is 16.6. The lowest BCUT2D eigenvalue weighted by Gasteiger charge is -2.16. The minimum atomic E-state index is -1.40. The third-order valence-electron chi connectivity index (χ3n) is 4.37. The van der Waals surface area contributed by atoms with Crippen molar-refractivity contribution in [3.8, 4) is 0 Å². The van der Waals surface area contributed by atoms with E-state index in [1.54, 1.807) is 24.3 Å². The molecule has 0 spiro atoms. The van der Waals surface area contributed by atoms with Crippen LogP contribution in [0.25, 0.3) is 17.2 Å². The Balaban J connectivity index is 1.68. The van der Waals surface area contributed by atoms with E-state index >= 15 is 0 Å². The fraction of sp³-hybridized carbons (Fsp3) is 0.235. The van der Waals surface area contributed by atoms with Gasteiger partial charge < -0.3 is 25.8 Å². The van der Waals surface area contributed by atoms with E-state index in [0.717, 1.165) is 0 Å². The second-order valence-corrected chi connectivity index (χ2v) is 6.18. The zero-order valence-corrected chi connectivity index (χ0v) is 13.9. The number of anilines is 1. The lowest BCUT2D eigenvalue weighted by molar-refractivity contribution is -0.0336. The summed E-state index contributed by atoms with van der Waals surface area (Å²) in [5.74, 6) is -0.365. The van der Waals surface area contributed by atoms with E-state index in [2.05, 4.69) is 15.0 Å². The number of nitrogen functional groups attached to an aromatic ring is 1. The number of aliphatic hydroxyl groups excluding tert-OH is 3. The van der Waals surface area contributed by atoms with Gasteiger partial charge in [-0.1, -0.05) is 30.3 Å². The number of fused-ring (bicyclic) bond motifs is 1. The van der Waals surface area contributed by atoms with E-state index in [4.69, 9.17) is 10.5 Å². The fourth-order valence-corrected chi connectivity index (χ4v) is 3.07. The number of nitrogens with one attached hydrogen (secondary N) is 1. The van der Waals surface area contributed by atoms with Crippen LogP contribution in [0.5, 0.6) is 0 Å². The summed E-state index contributed by atoms with van der Waals surface area (Å²) in [4.78, 5) is 22.2. The molecule has 1 aliphatic heterocycles. The molecule has 27 heavy (non-hydrogen) atoms. The third kappa shape index (κ3) is 2.95. The molecule has 10 heteroatoms. The molecule has 3 aromatic rings. The first-order valence-corrected chi connectivity index (χ1v) is 8.15. The van der Waals surface area contributed by atoms with E-state index in [0.29, 0.717) is 5.56 Å². The lowest BCUT2D eigenvalue weighted by Crippen LogP contribution is -2.32. The molecule has 1 fully saturated rings. The van der Waals surface area contributed by atoms with Crippen LogP contribution < -0.4 is 11.3 Å². The average molecular weight is 371 g/mol. The van der Waals surface area contributed by atoms with Gasteiger partial charge in [0, 0.05) is 0 Å². The summed E-state index contributed by atoms with van der Waals surface area (Å²) >= 11 is 0. The summed E-state index contributed by atoms with van der Waals surface area (Å²) < 4.78 is 6.96. The first-order valence-electron chi connectivity index (χ1n) is 8.15. The van der Waals surface area contributed by atoms with Crippen molar-refractivity contribution in [2.45, 2.75) is 24.5 Å². The van der Waals surface area contributed by atoms with Gasteiger partial charge in [-0.25, -0.2) is 4.98 Å². The van der Waals surface area contributed by atoms with Crippen LogP contribution >= 0.6 is 0 Å². The van der Waals surface area contributed by atoms with Gasteiger partial charge in [-0.2, -0.15) is 4.98 Å². The Kier molecular flexibility index (Phi) is 4.15. The number of hydrogen-bond donors (Lipinski definition) is 5. The molecule has 4 rings (SSSR count). The van der Waals surface area contributed by atoms with Crippen LogP contribution in [-0.2, 0) is 4.74 Å². The van der Waals surface area contributed by atoms with Gasteiger partial charge in [-0.05, 0) is 11.6 Å². The molecule has 2 aromatic heterocycles. The van der Waals surface area contributed by atoms with E-state index < -0.39 is 30.1 Å². The molecule has 140 valence electrons. The quantitative estimate of drug-likeness (QED) is 0.400. The minimum Gasteiger partial charge on any atom is -0.509 e. The van der Waals surface area contributed by atoms with E-state index in [-0.39, 0.29) is 22.9 Å². The van der Waals surface area contributed by atoms with Gasteiger partial charge in [0.25, 0.3) is 5.56 Å². The number of imidazole rings is 1. The summed E-state index contributed by atoms with van der Waals surface area (Å²) in [5, 5.41) is 31.1. The van der Waals surface area contributed by atoms with Crippen LogP contribution in [0.15, 0.2) is 47.2 Å². The zero-order valence-electron chi connectivity index (χ0n) is 13.9. The average Bonchev–Trinajstić information content (AvgIpc) is 3.18. The summed E-state index contributed by atoms with van der Waals surface area (Å²) in [7, 11) is 0. The zero-order chi connectivity index (χ0) is 19.1. The van der Waals surface area contributed by atoms with Crippen LogP contribution in [-0.4, -0.2) is 53.2 Å². The first kappa shape index (κ1) is 17.2. The molecule has 0 saturated carbocycles. The maximum Gasteiger partial charge on any atom is 0.280 e. The van der Waals surface area contributed by atoms with Gasteiger partial charge in [0.1, 0.15) is 24.1 Å². The summed E-state index contributed by atoms with van der Waals surface area (Å²) in [6, 6.07) is 8.98. The summed E-state index contributed by atoms with van der Waals surface area (Å²) in [6.45, 7) is 0. The number of benzene rings is 1. The number of aromatic amines is 1. The molecular weight excluding hydrogens is 354 g/mol. The molecule has 0 bridgehead atoms. The smallest absolute Gasteiger partial charge is 0.280 e. The predicted octanol–water partition coefficient (Wildman–Crippen LogP) is -0.0799. The van der Waals surface area contributed by atoms with Crippen molar-refractivity contribution in [1.29, 1.82) is 0 Å². The van der Waals surface area contributed by atoms with Crippen molar-refractivity contribution in [1.82, 2.24) is 19.5 Å². The molecule has 1 aromatic carbocycles. The number of aliphatic hydroxyl groups is 3. The standard InChI is InChI=1S/C17H17N5O5/c18-17-20-14-10(15(26)21-17)19-7-22(14)16-12(25)11(24)13(27-16)9(23)6-8-4-2-1-3-5-8/h1-7,11-13,16,23-25H,(H3,18,20,21,26)/t11-,12+,13+,16+/m0/s1. The third-order valence-corrected chi connectivity index (χ3v) is 4.37. The lowest BCUT2D eigenvalue weighted by atomic mass is 10.1. The van der Waals surface area contributed by atoms with Crippen LogP contribution in [0.1, 0.15) is 11.8 Å². The summed E-state index contributed by atoms with van der Waals surface area (Å²) in [6.07, 6.45) is -2.37. The van der Waals surface area contributed by atoms with Crippen LogP contribution in [0, 0.1) is 0 Å². The molecule has 0 aliphatic carbocycles. The minimum absolute atomic E-state index is 0.0157. The molecular formula is C17H17N5O5. The summed E-state index contributed by atoms with van der Waals surface area (Å²) in [5.41, 5.74) is 5.85. The Morgan fingerprint density at radius 3 is 2.74 bits per heavy atom. The maximum atomic E-state index is 11.9. The van der Waals surface area contributed by atoms with Crippen LogP contribution in [0.4, 0.5) is 5.95 Å². The Morgan fingerprint density at radius 1 is 1.26 bits per heavy atom. The van der Waals surface area contributed by atoms with Crippen molar-refractivity contribution < 1.29 is 20.1 Å². The van der Waals surface area contributed by atoms with E-state index in [9.17, 15) is 20.1 Å². The van der Waals surface area contributed by atoms with Crippen molar-refractivity contribution in [2.75, 3.05) is 5.73 Å². The van der Waals surface area contributed by atoms with E-state index in [1.807, 2.05) is 6.07 Å². The number of ether oxygens (including phenoxy) is 1. The number of nitrogens with zero attached hydrogens (tertiary/aromatic N) is 3. The number of rotatable bonds is 3. The molecule has 10 nitrogen and oxygen atoms in total. The normalized spacial score (nSPS) is 25.9. The molecule has 0 amide bonds. The van der Waals surface area contributed by atoms with Gasteiger partial charge >= 0.3 is 0 Å². The van der Waals surface area contributed by atoms with Crippen molar-refractivity contribution >= 4 is 23.2 Å². The Hall–Kier alpha value is -3.21. The van der Waals surface area contributed by atoms with Gasteiger partial charge in [0.2, 0.25) is 5.95 Å². The molecule has 1 aliphatic rings. The Labute approximate surface area is 152 Å². The number of H-pyrrole nitrogens is 1. The number of aromatic nitrogens is 4. The number of nitrogens with two attached hydrogens (primary N) is 1. The maximum absolute atomic E-state index is 11.9. The Morgan fingerprint density at radius 2 is 2.00 bits per heavy atom. The highest BCUT2D eigenvalue weighted by molar-refractivity contribution is 5.70. The van der Waals surface area contributed by atoms with Gasteiger partial charge in [0.05, 0.1) is 6.33 Å². The van der Waals surface area contributed by atoms with Gasteiger partial charge in [0.15, 0.2) is 17.4 Å².